The van der Waals surface area contributed by atoms with Gasteiger partial charge in [0.2, 0.25) is 0 Å². The fourth-order valence-electron chi connectivity index (χ4n) is 2.02. The predicted molar refractivity (Wildman–Crippen MR) is 76.5 cm³/mol. The van der Waals surface area contributed by atoms with Crippen LogP contribution in [0.3, 0.4) is 0 Å². The van der Waals surface area contributed by atoms with Crippen LogP contribution in [0.1, 0.15) is 36.7 Å². The molecule has 98 valence electrons. The summed E-state index contributed by atoms with van der Waals surface area (Å²) in [6.45, 7) is 5.55. The molecule has 0 unspecified atom stereocenters. The van der Waals surface area contributed by atoms with E-state index in [1.807, 2.05) is 62.4 Å². The average Bonchev–Trinajstić information content (AvgIpc) is 2.39. The number of rotatable bonds is 4. The SMILES string of the molecule is CC(=O)c1ccccc1OC(C)(C)c1ccccc1. The van der Waals surface area contributed by atoms with Crippen LogP contribution in [0, 0.1) is 0 Å². The zero-order valence-corrected chi connectivity index (χ0v) is 11.5. The van der Waals surface area contributed by atoms with Gasteiger partial charge in [0.1, 0.15) is 11.4 Å². The maximum atomic E-state index is 11.6. The second kappa shape index (κ2) is 5.27. The molecule has 0 aliphatic rings. The van der Waals surface area contributed by atoms with Gasteiger partial charge in [-0.15, -0.1) is 0 Å². The van der Waals surface area contributed by atoms with Crippen molar-refractivity contribution in [2.24, 2.45) is 0 Å². The van der Waals surface area contributed by atoms with Crippen LogP contribution in [0.5, 0.6) is 5.75 Å². The molecule has 0 aromatic heterocycles. The second-order valence-corrected chi connectivity index (χ2v) is 5.03. The van der Waals surface area contributed by atoms with Gasteiger partial charge in [-0.3, -0.25) is 4.79 Å². The van der Waals surface area contributed by atoms with Crippen LogP contribution in [0.2, 0.25) is 0 Å². The molecule has 2 aromatic rings. The Kier molecular flexibility index (Phi) is 3.70. The largest absolute Gasteiger partial charge is 0.482 e. The van der Waals surface area contributed by atoms with Crippen LogP contribution in [0.15, 0.2) is 54.6 Å². The summed E-state index contributed by atoms with van der Waals surface area (Å²) in [6.07, 6.45) is 0. The van der Waals surface area contributed by atoms with Crippen molar-refractivity contribution in [3.8, 4) is 5.75 Å². The van der Waals surface area contributed by atoms with Gasteiger partial charge in [0.05, 0.1) is 5.56 Å². The van der Waals surface area contributed by atoms with Crippen molar-refractivity contribution < 1.29 is 9.53 Å². The van der Waals surface area contributed by atoms with Crippen molar-refractivity contribution >= 4 is 5.78 Å². The number of carbonyl (C=O) groups excluding carboxylic acids is 1. The van der Waals surface area contributed by atoms with Crippen LogP contribution < -0.4 is 4.74 Å². The summed E-state index contributed by atoms with van der Waals surface area (Å²) in [7, 11) is 0. The summed E-state index contributed by atoms with van der Waals surface area (Å²) in [5, 5.41) is 0. The van der Waals surface area contributed by atoms with E-state index < -0.39 is 5.60 Å². The summed E-state index contributed by atoms with van der Waals surface area (Å²) in [5.41, 5.74) is 1.21. The number of ether oxygens (including phenoxy) is 1. The molecule has 2 aromatic carbocycles. The minimum atomic E-state index is -0.479. The topological polar surface area (TPSA) is 26.3 Å². The Morgan fingerprint density at radius 1 is 0.947 bits per heavy atom. The highest BCUT2D eigenvalue weighted by atomic mass is 16.5. The van der Waals surface area contributed by atoms with E-state index in [0.29, 0.717) is 11.3 Å². The van der Waals surface area contributed by atoms with Gasteiger partial charge in [0.25, 0.3) is 0 Å². The molecule has 0 saturated carbocycles. The number of para-hydroxylation sites is 1. The molecule has 0 aliphatic heterocycles. The summed E-state index contributed by atoms with van der Waals surface area (Å²) in [4.78, 5) is 11.6. The second-order valence-electron chi connectivity index (χ2n) is 5.03. The highest BCUT2D eigenvalue weighted by molar-refractivity contribution is 5.96. The first-order valence-electron chi connectivity index (χ1n) is 6.35. The smallest absolute Gasteiger partial charge is 0.163 e. The standard InChI is InChI=1S/C17H18O2/c1-13(18)15-11-7-8-12-16(15)19-17(2,3)14-9-5-4-6-10-14/h4-12H,1-3H3. The van der Waals surface area contributed by atoms with E-state index in [-0.39, 0.29) is 5.78 Å². The van der Waals surface area contributed by atoms with Gasteiger partial charge in [-0.25, -0.2) is 0 Å². The van der Waals surface area contributed by atoms with Crippen LogP contribution in [-0.4, -0.2) is 5.78 Å². The Balaban J connectivity index is 2.33. The Morgan fingerprint density at radius 2 is 1.53 bits per heavy atom. The molecule has 0 aliphatic carbocycles. The van der Waals surface area contributed by atoms with Crippen LogP contribution in [0.4, 0.5) is 0 Å². The maximum absolute atomic E-state index is 11.6. The van der Waals surface area contributed by atoms with E-state index in [1.165, 1.54) is 0 Å². The van der Waals surface area contributed by atoms with Crippen LogP contribution in [-0.2, 0) is 5.60 Å². The first-order valence-corrected chi connectivity index (χ1v) is 6.35. The number of carbonyl (C=O) groups is 1. The lowest BCUT2D eigenvalue weighted by Crippen LogP contribution is -2.26. The normalized spacial score (nSPS) is 11.1. The van der Waals surface area contributed by atoms with Crippen molar-refractivity contribution in [2.75, 3.05) is 0 Å². The highest BCUT2D eigenvalue weighted by Gasteiger charge is 2.23. The molecule has 0 radical (unpaired) electrons. The fraction of sp³-hybridized carbons (Fsp3) is 0.235. The molecule has 19 heavy (non-hydrogen) atoms. The predicted octanol–water partition coefficient (Wildman–Crippen LogP) is 4.20. The van der Waals surface area contributed by atoms with Gasteiger partial charge in [0.15, 0.2) is 5.78 Å². The van der Waals surface area contributed by atoms with Crippen LogP contribution >= 0.6 is 0 Å². The maximum Gasteiger partial charge on any atom is 0.163 e. The van der Waals surface area contributed by atoms with E-state index in [4.69, 9.17) is 4.74 Å². The Morgan fingerprint density at radius 3 is 2.16 bits per heavy atom. The van der Waals surface area contributed by atoms with E-state index in [9.17, 15) is 4.79 Å². The lowest BCUT2D eigenvalue weighted by Gasteiger charge is -2.28. The summed E-state index contributed by atoms with van der Waals surface area (Å²) in [6, 6.07) is 17.3. The van der Waals surface area contributed by atoms with Crippen molar-refractivity contribution in [2.45, 2.75) is 26.4 Å². The van der Waals surface area contributed by atoms with Gasteiger partial charge in [-0.05, 0) is 38.5 Å². The lowest BCUT2D eigenvalue weighted by molar-refractivity contribution is 0.0956. The minimum absolute atomic E-state index is 0.0134. The van der Waals surface area contributed by atoms with E-state index in [1.54, 1.807) is 13.0 Å². The molecule has 0 N–H and O–H groups in total. The van der Waals surface area contributed by atoms with Crippen molar-refractivity contribution in [1.29, 1.82) is 0 Å². The molecule has 0 atom stereocenters. The zero-order chi connectivity index (χ0) is 13.9. The number of ketones is 1. The molecular weight excluding hydrogens is 236 g/mol. The lowest BCUT2D eigenvalue weighted by atomic mass is 9.98. The summed E-state index contributed by atoms with van der Waals surface area (Å²) in [5.74, 6) is 0.642. The molecule has 2 nitrogen and oxygen atoms in total. The minimum Gasteiger partial charge on any atom is -0.482 e. The first-order chi connectivity index (χ1) is 9.00. The van der Waals surface area contributed by atoms with Gasteiger partial charge >= 0.3 is 0 Å². The number of hydrogen-bond acceptors (Lipinski definition) is 2. The van der Waals surface area contributed by atoms with Crippen molar-refractivity contribution in [1.82, 2.24) is 0 Å². The molecule has 0 amide bonds. The molecule has 2 rings (SSSR count). The van der Waals surface area contributed by atoms with E-state index >= 15 is 0 Å². The van der Waals surface area contributed by atoms with Crippen molar-refractivity contribution in [3.63, 3.8) is 0 Å². The molecular formula is C17H18O2. The Labute approximate surface area is 114 Å². The Bertz CT molecular complexity index is 571. The highest BCUT2D eigenvalue weighted by Crippen LogP contribution is 2.29. The number of hydrogen-bond donors (Lipinski definition) is 0. The summed E-state index contributed by atoms with van der Waals surface area (Å²) >= 11 is 0. The van der Waals surface area contributed by atoms with Crippen LogP contribution in [0.25, 0.3) is 0 Å². The summed E-state index contributed by atoms with van der Waals surface area (Å²) < 4.78 is 6.06. The monoisotopic (exact) mass is 254 g/mol. The number of Topliss-reactive ketones (excluding diaryl/α,β-unsaturated/α-hetero) is 1. The molecule has 2 heteroatoms. The molecule has 0 heterocycles. The first kappa shape index (κ1) is 13.3. The third kappa shape index (κ3) is 3.02. The molecule has 0 bridgehead atoms. The fourth-order valence-corrected chi connectivity index (χ4v) is 2.02. The third-order valence-corrected chi connectivity index (χ3v) is 3.10. The Hall–Kier alpha value is -2.09. The average molecular weight is 254 g/mol. The molecule has 0 fully saturated rings. The molecule has 0 spiro atoms. The van der Waals surface area contributed by atoms with Gasteiger partial charge in [-0.2, -0.15) is 0 Å². The van der Waals surface area contributed by atoms with E-state index in [2.05, 4.69) is 0 Å². The zero-order valence-electron chi connectivity index (χ0n) is 11.5. The van der Waals surface area contributed by atoms with E-state index in [0.717, 1.165) is 5.56 Å². The number of benzene rings is 2. The molecule has 0 saturated heterocycles. The van der Waals surface area contributed by atoms with Gasteiger partial charge in [-0.1, -0.05) is 42.5 Å². The van der Waals surface area contributed by atoms with Crippen molar-refractivity contribution in [3.05, 3.63) is 65.7 Å². The third-order valence-electron chi connectivity index (χ3n) is 3.10. The quantitative estimate of drug-likeness (QED) is 0.764. The van der Waals surface area contributed by atoms with Gasteiger partial charge < -0.3 is 4.74 Å². The van der Waals surface area contributed by atoms with Gasteiger partial charge in [0, 0.05) is 0 Å².